The Kier molecular flexibility index (Phi) is 3.96. The lowest BCUT2D eigenvalue weighted by molar-refractivity contribution is -0.140. The summed E-state index contributed by atoms with van der Waals surface area (Å²) < 4.78 is 13.3. The van der Waals surface area contributed by atoms with E-state index in [1.807, 2.05) is 0 Å². The quantitative estimate of drug-likeness (QED) is 0.686. The second kappa shape index (κ2) is 5.22. The van der Waals surface area contributed by atoms with Gasteiger partial charge in [-0.25, -0.2) is 4.39 Å². The first-order valence-corrected chi connectivity index (χ1v) is 4.44. The third-order valence-electron chi connectivity index (χ3n) is 1.92. The summed E-state index contributed by atoms with van der Waals surface area (Å²) in [7, 11) is 0. The Morgan fingerprint density at radius 3 is 2.44 bits per heavy atom. The highest BCUT2D eigenvalue weighted by Gasteiger charge is 2.22. The van der Waals surface area contributed by atoms with Crippen molar-refractivity contribution >= 4 is 11.9 Å². The van der Waals surface area contributed by atoms with E-state index in [4.69, 9.17) is 10.2 Å². The number of carbonyl (C=O) groups is 2. The monoisotopic (exact) mass is 227 g/mol. The average Bonchev–Trinajstić information content (AvgIpc) is 2.20. The minimum Gasteiger partial charge on any atom is -0.480 e. The number of nitrogens with one attached hydrogen (secondary N) is 1. The zero-order valence-corrected chi connectivity index (χ0v) is 8.18. The van der Waals surface area contributed by atoms with Crippen LogP contribution in [-0.4, -0.2) is 28.7 Å². The zero-order chi connectivity index (χ0) is 12.1. The molecule has 0 bridgehead atoms. The van der Waals surface area contributed by atoms with Crippen molar-refractivity contribution in [2.24, 2.45) is 0 Å². The lowest BCUT2D eigenvalue weighted by atomic mass is 10.1. The van der Waals surface area contributed by atoms with Crippen LogP contribution in [0.1, 0.15) is 11.6 Å². The molecule has 1 aromatic carbocycles. The highest BCUT2D eigenvalue weighted by atomic mass is 19.1. The van der Waals surface area contributed by atoms with Gasteiger partial charge in [-0.2, -0.15) is 0 Å². The van der Waals surface area contributed by atoms with Crippen LogP contribution < -0.4 is 5.32 Å². The third kappa shape index (κ3) is 3.03. The van der Waals surface area contributed by atoms with Gasteiger partial charge in [0.25, 0.3) is 0 Å². The van der Waals surface area contributed by atoms with E-state index in [2.05, 4.69) is 5.32 Å². The second-order valence-corrected chi connectivity index (χ2v) is 3.07. The summed E-state index contributed by atoms with van der Waals surface area (Å²) in [6.45, 7) is -0.550. The van der Waals surface area contributed by atoms with Crippen LogP contribution in [0.4, 0.5) is 4.39 Å². The molecule has 1 aromatic rings. The third-order valence-corrected chi connectivity index (χ3v) is 1.92. The summed E-state index contributed by atoms with van der Waals surface area (Å²) in [5.74, 6) is -3.22. The van der Waals surface area contributed by atoms with Gasteiger partial charge in [-0.3, -0.25) is 14.9 Å². The van der Waals surface area contributed by atoms with E-state index in [-0.39, 0.29) is 5.56 Å². The molecule has 0 spiro atoms. The van der Waals surface area contributed by atoms with E-state index in [0.717, 1.165) is 6.07 Å². The van der Waals surface area contributed by atoms with Gasteiger partial charge in [-0.15, -0.1) is 0 Å². The Bertz CT molecular complexity index is 408. The molecule has 0 heterocycles. The van der Waals surface area contributed by atoms with Gasteiger partial charge in [0.1, 0.15) is 11.9 Å². The molecule has 3 N–H and O–H groups in total. The first-order chi connectivity index (χ1) is 7.52. The number of halogens is 1. The van der Waals surface area contributed by atoms with Gasteiger partial charge in [0, 0.05) is 5.56 Å². The van der Waals surface area contributed by atoms with Gasteiger partial charge >= 0.3 is 11.9 Å². The van der Waals surface area contributed by atoms with E-state index in [0.29, 0.717) is 0 Å². The predicted molar refractivity (Wildman–Crippen MR) is 52.4 cm³/mol. The maximum atomic E-state index is 13.3. The Hall–Kier alpha value is -1.95. The maximum Gasteiger partial charge on any atom is 0.325 e. The first-order valence-electron chi connectivity index (χ1n) is 4.44. The summed E-state index contributed by atoms with van der Waals surface area (Å²) in [6, 6.07) is 3.96. The number of hydrogen-bond acceptors (Lipinski definition) is 3. The number of benzene rings is 1. The van der Waals surface area contributed by atoms with Crippen LogP contribution in [0.5, 0.6) is 0 Å². The number of aliphatic carboxylic acids is 2. The van der Waals surface area contributed by atoms with Crippen LogP contribution in [0.15, 0.2) is 24.3 Å². The van der Waals surface area contributed by atoms with Crippen molar-refractivity contribution < 1.29 is 24.2 Å². The molecular formula is C10H10FNO4. The average molecular weight is 227 g/mol. The van der Waals surface area contributed by atoms with Crippen LogP contribution in [0, 0.1) is 5.82 Å². The fraction of sp³-hybridized carbons (Fsp3) is 0.200. The van der Waals surface area contributed by atoms with Crippen molar-refractivity contribution in [3.05, 3.63) is 35.6 Å². The lowest BCUT2D eigenvalue weighted by Gasteiger charge is -2.13. The molecule has 0 fully saturated rings. The Balaban J connectivity index is 2.90. The van der Waals surface area contributed by atoms with E-state index in [1.54, 1.807) is 0 Å². The summed E-state index contributed by atoms with van der Waals surface area (Å²) in [6.07, 6.45) is 0. The van der Waals surface area contributed by atoms with Gasteiger partial charge < -0.3 is 10.2 Å². The molecule has 0 aliphatic heterocycles. The first kappa shape index (κ1) is 12.1. The minimum absolute atomic E-state index is 0.0868. The molecule has 0 aliphatic rings. The van der Waals surface area contributed by atoms with Gasteiger partial charge in [0.2, 0.25) is 0 Å². The van der Waals surface area contributed by atoms with Crippen molar-refractivity contribution in [3.63, 3.8) is 0 Å². The van der Waals surface area contributed by atoms with Crippen molar-refractivity contribution in [2.75, 3.05) is 6.54 Å². The number of carboxylic acid groups (broad SMARTS) is 2. The molecule has 0 aliphatic carbocycles. The summed E-state index contributed by atoms with van der Waals surface area (Å²) in [5.41, 5.74) is -0.0868. The highest BCUT2D eigenvalue weighted by Crippen LogP contribution is 2.16. The van der Waals surface area contributed by atoms with Crippen LogP contribution in [-0.2, 0) is 9.59 Å². The topological polar surface area (TPSA) is 86.6 Å². The molecule has 6 heteroatoms. The Labute approximate surface area is 90.5 Å². The van der Waals surface area contributed by atoms with Crippen LogP contribution >= 0.6 is 0 Å². The molecule has 1 unspecified atom stereocenters. The molecule has 1 atom stereocenters. The lowest BCUT2D eigenvalue weighted by Crippen LogP contribution is -2.33. The highest BCUT2D eigenvalue weighted by molar-refractivity contribution is 5.77. The fourth-order valence-electron chi connectivity index (χ4n) is 1.23. The number of rotatable bonds is 5. The molecule has 0 saturated carbocycles. The van der Waals surface area contributed by atoms with Gasteiger partial charge in [0.05, 0.1) is 6.54 Å². The van der Waals surface area contributed by atoms with Crippen molar-refractivity contribution in [2.45, 2.75) is 6.04 Å². The molecule has 0 amide bonds. The summed E-state index contributed by atoms with van der Waals surface area (Å²) in [4.78, 5) is 21.1. The molecular weight excluding hydrogens is 217 g/mol. The SMILES string of the molecule is O=C(O)CNC(C(=O)O)c1ccccc1F. The van der Waals surface area contributed by atoms with Crippen molar-refractivity contribution in [3.8, 4) is 0 Å². The predicted octanol–water partition coefficient (Wildman–Crippen LogP) is 0.626. The van der Waals surface area contributed by atoms with Crippen molar-refractivity contribution in [1.29, 1.82) is 0 Å². The van der Waals surface area contributed by atoms with E-state index < -0.39 is 30.3 Å². The molecule has 0 aromatic heterocycles. The van der Waals surface area contributed by atoms with E-state index in [1.165, 1.54) is 18.2 Å². The van der Waals surface area contributed by atoms with Gasteiger partial charge in [-0.1, -0.05) is 18.2 Å². The van der Waals surface area contributed by atoms with Crippen LogP contribution in [0.2, 0.25) is 0 Å². The second-order valence-electron chi connectivity index (χ2n) is 3.07. The summed E-state index contributed by atoms with van der Waals surface area (Å²) in [5, 5.41) is 19.5. The smallest absolute Gasteiger partial charge is 0.325 e. The largest absolute Gasteiger partial charge is 0.480 e. The molecule has 0 radical (unpaired) electrons. The standard InChI is InChI=1S/C10H10FNO4/c11-7-4-2-1-3-6(7)9(10(15)16)12-5-8(13)14/h1-4,9,12H,5H2,(H,13,14)(H,15,16). The molecule has 1 rings (SSSR count). The summed E-state index contributed by atoms with van der Waals surface area (Å²) >= 11 is 0. The van der Waals surface area contributed by atoms with Gasteiger partial charge in [-0.05, 0) is 6.07 Å². The molecule has 16 heavy (non-hydrogen) atoms. The molecule has 0 saturated heterocycles. The van der Waals surface area contributed by atoms with Crippen molar-refractivity contribution in [1.82, 2.24) is 5.32 Å². The van der Waals surface area contributed by atoms with Crippen LogP contribution in [0.3, 0.4) is 0 Å². The Morgan fingerprint density at radius 1 is 1.31 bits per heavy atom. The molecule has 5 nitrogen and oxygen atoms in total. The fourth-order valence-corrected chi connectivity index (χ4v) is 1.23. The maximum absolute atomic E-state index is 13.3. The van der Waals surface area contributed by atoms with E-state index >= 15 is 0 Å². The number of carboxylic acids is 2. The minimum atomic E-state index is -1.36. The normalized spacial score (nSPS) is 12.1. The molecule has 86 valence electrons. The van der Waals surface area contributed by atoms with Crippen LogP contribution in [0.25, 0.3) is 0 Å². The zero-order valence-electron chi connectivity index (χ0n) is 8.18. The number of hydrogen-bond donors (Lipinski definition) is 3. The van der Waals surface area contributed by atoms with Gasteiger partial charge in [0.15, 0.2) is 0 Å². The van der Waals surface area contributed by atoms with E-state index in [9.17, 15) is 14.0 Å². The Morgan fingerprint density at radius 2 is 1.94 bits per heavy atom.